The highest BCUT2D eigenvalue weighted by atomic mass is 35.5. The summed E-state index contributed by atoms with van der Waals surface area (Å²) in [4.78, 5) is 10.8. The zero-order valence-electron chi connectivity index (χ0n) is 6.61. The summed E-state index contributed by atoms with van der Waals surface area (Å²) in [6.45, 7) is 0.642. The number of fused-ring (bicyclic) bond motifs is 1. The van der Waals surface area contributed by atoms with E-state index >= 15 is 0 Å². The molecular weight excluding hydrogens is 215 g/mol. The van der Waals surface area contributed by atoms with Crippen molar-refractivity contribution < 1.29 is 4.79 Å². The van der Waals surface area contributed by atoms with Crippen LogP contribution in [0.4, 0.5) is 0 Å². The van der Waals surface area contributed by atoms with E-state index in [4.69, 9.17) is 5.73 Å². The predicted octanol–water partition coefficient (Wildman–Crippen LogP) is -0.117. The molecular formula is C6H10Cl2N4O. The topological polar surface area (TPSA) is 83.8 Å². The van der Waals surface area contributed by atoms with E-state index in [1.54, 1.807) is 6.20 Å². The van der Waals surface area contributed by atoms with Gasteiger partial charge in [-0.15, -0.1) is 24.8 Å². The van der Waals surface area contributed by atoms with Gasteiger partial charge in [0.25, 0.3) is 0 Å². The molecule has 2 heterocycles. The van der Waals surface area contributed by atoms with Crippen molar-refractivity contribution in [2.24, 2.45) is 5.73 Å². The molecule has 4 N–H and O–H groups in total. The first kappa shape index (κ1) is 12.2. The van der Waals surface area contributed by atoms with Gasteiger partial charge in [-0.05, 0) is 0 Å². The lowest BCUT2D eigenvalue weighted by molar-refractivity contribution is -0.119. The van der Waals surface area contributed by atoms with Gasteiger partial charge in [0.15, 0.2) is 0 Å². The highest BCUT2D eigenvalue weighted by Gasteiger charge is 2.27. The first-order chi connectivity index (χ1) is 5.29. The Labute approximate surface area is 87.3 Å². The summed E-state index contributed by atoms with van der Waals surface area (Å²) in [7, 11) is 0. The van der Waals surface area contributed by atoms with Gasteiger partial charge in [-0.25, -0.2) is 0 Å². The summed E-state index contributed by atoms with van der Waals surface area (Å²) >= 11 is 0. The molecule has 1 aromatic rings. The molecule has 1 aliphatic rings. The van der Waals surface area contributed by atoms with Crippen LogP contribution in [-0.2, 0) is 11.3 Å². The summed E-state index contributed by atoms with van der Waals surface area (Å²) in [5.74, 6) is -0.356. The van der Waals surface area contributed by atoms with E-state index in [1.165, 1.54) is 0 Å². The van der Waals surface area contributed by atoms with E-state index in [9.17, 15) is 4.79 Å². The van der Waals surface area contributed by atoms with Gasteiger partial charge in [-0.3, -0.25) is 15.2 Å². The minimum absolute atomic E-state index is 0. The Morgan fingerprint density at radius 1 is 1.62 bits per heavy atom. The number of primary amides is 1. The number of amides is 1. The van der Waals surface area contributed by atoms with Gasteiger partial charge in [0.2, 0.25) is 5.91 Å². The third kappa shape index (κ3) is 1.93. The Morgan fingerprint density at radius 2 is 2.31 bits per heavy atom. The largest absolute Gasteiger partial charge is 0.368 e. The molecule has 2 rings (SSSR count). The van der Waals surface area contributed by atoms with Crippen LogP contribution in [0.25, 0.3) is 0 Å². The van der Waals surface area contributed by atoms with Gasteiger partial charge in [0.05, 0.1) is 11.9 Å². The predicted molar refractivity (Wildman–Crippen MR) is 51.9 cm³/mol. The maximum absolute atomic E-state index is 10.8. The van der Waals surface area contributed by atoms with E-state index < -0.39 is 0 Å². The molecule has 0 aliphatic carbocycles. The summed E-state index contributed by atoms with van der Waals surface area (Å²) < 4.78 is 0. The van der Waals surface area contributed by atoms with Crippen molar-refractivity contribution in [2.75, 3.05) is 0 Å². The molecule has 1 aromatic heterocycles. The maximum atomic E-state index is 10.8. The number of H-pyrrole nitrogens is 1. The Balaban J connectivity index is 0.000000720. The number of carbonyl (C=O) groups is 1. The number of carbonyl (C=O) groups excluding carboxylic acids is 1. The van der Waals surface area contributed by atoms with Crippen molar-refractivity contribution in [3.63, 3.8) is 0 Å². The van der Waals surface area contributed by atoms with E-state index in [2.05, 4.69) is 15.5 Å². The average molecular weight is 225 g/mol. The van der Waals surface area contributed by atoms with Gasteiger partial charge in [0.1, 0.15) is 6.04 Å². The van der Waals surface area contributed by atoms with Crippen molar-refractivity contribution in [1.82, 2.24) is 15.5 Å². The molecule has 0 fully saturated rings. The van der Waals surface area contributed by atoms with Gasteiger partial charge < -0.3 is 5.73 Å². The van der Waals surface area contributed by atoms with Crippen LogP contribution in [0.2, 0.25) is 0 Å². The Bertz CT molecular complexity index is 301. The van der Waals surface area contributed by atoms with E-state index in [1.807, 2.05) is 0 Å². The van der Waals surface area contributed by atoms with Crippen LogP contribution in [0.5, 0.6) is 0 Å². The summed E-state index contributed by atoms with van der Waals surface area (Å²) in [6, 6.07) is -0.358. The van der Waals surface area contributed by atoms with Crippen molar-refractivity contribution in [3.05, 3.63) is 17.5 Å². The van der Waals surface area contributed by atoms with Crippen LogP contribution in [0.3, 0.4) is 0 Å². The van der Waals surface area contributed by atoms with Crippen LogP contribution in [0.1, 0.15) is 17.3 Å². The molecule has 1 aliphatic heterocycles. The number of hydrogen-bond donors (Lipinski definition) is 3. The maximum Gasteiger partial charge on any atom is 0.239 e. The van der Waals surface area contributed by atoms with Crippen LogP contribution in [0.15, 0.2) is 6.20 Å². The number of rotatable bonds is 1. The molecule has 74 valence electrons. The number of nitrogens with zero attached hydrogens (tertiary/aromatic N) is 1. The standard InChI is InChI=1S/C6H8N4O.2ClH/c7-6(11)5-3-1-9-10-4(3)2-8-5;;/h1,5,8H,2H2,(H2,7,11)(H,9,10);2*1H. The lowest BCUT2D eigenvalue weighted by Crippen LogP contribution is -2.28. The highest BCUT2D eigenvalue weighted by Crippen LogP contribution is 2.21. The molecule has 13 heavy (non-hydrogen) atoms. The van der Waals surface area contributed by atoms with Crippen molar-refractivity contribution >= 4 is 30.7 Å². The Kier molecular flexibility index (Phi) is 4.19. The number of aromatic nitrogens is 2. The normalized spacial score (nSPS) is 18.3. The molecule has 0 saturated heterocycles. The Hall–Kier alpha value is -0.780. The monoisotopic (exact) mass is 224 g/mol. The number of halogens is 2. The van der Waals surface area contributed by atoms with Crippen LogP contribution >= 0.6 is 24.8 Å². The lowest BCUT2D eigenvalue weighted by atomic mass is 10.1. The van der Waals surface area contributed by atoms with Gasteiger partial charge in [-0.1, -0.05) is 0 Å². The molecule has 0 radical (unpaired) electrons. The first-order valence-corrected chi connectivity index (χ1v) is 3.34. The van der Waals surface area contributed by atoms with Crippen LogP contribution in [0, 0.1) is 0 Å². The van der Waals surface area contributed by atoms with E-state index in [0.29, 0.717) is 6.54 Å². The number of nitrogens with one attached hydrogen (secondary N) is 2. The minimum Gasteiger partial charge on any atom is -0.368 e. The summed E-state index contributed by atoms with van der Waals surface area (Å²) in [5.41, 5.74) is 6.95. The second-order valence-corrected chi connectivity index (χ2v) is 2.52. The molecule has 1 atom stereocenters. The second kappa shape index (κ2) is 4.45. The fraction of sp³-hybridized carbons (Fsp3) is 0.333. The molecule has 0 spiro atoms. The molecule has 0 saturated carbocycles. The van der Waals surface area contributed by atoms with Crippen molar-refractivity contribution in [2.45, 2.75) is 12.6 Å². The zero-order valence-corrected chi connectivity index (χ0v) is 8.24. The fourth-order valence-electron chi connectivity index (χ4n) is 1.28. The molecule has 1 unspecified atom stereocenters. The smallest absolute Gasteiger partial charge is 0.239 e. The van der Waals surface area contributed by atoms with Gasteiger partial charge in [0, 0.05) is 12.1 Å². The fourth-order valence-corrected chi connectivity index (χ4v) is 1.28. The first-order valence-electron chi connectivity index (χ1n) is 3.34. The zero-order chi connectivity index (χ0) is 7.84. The van der Waals surface area contributed by atoms with Crippen molar-refractivity contribution in [1.29, 1.82) is 0 Å². The van der Waals surface area contributed by atoms with E-state index in [0.717, 1.165) is 11.3 Å². The third-order valence-electron chi connectivity index (χ3n) is 1.83. The van der Waals surface area contributed by atoms with Crippen LogP contribution in [-0.4, -0.2) is 16.1 Å². The van der Waals surface area contributed by atoms with Crippen LogP contribution < -0.4 is 11.1 Å². The number of aromatic amines is 1. The van der Waals surface area contributed by atoms with Gasteiger partial charge >= 0.3 is 0 Å². The lowest BCUT2D eigenvalue weighted by Gasteiger charge is -2.03. The molecule has 0 bridgehead atoms. The molecule has 0 aromatic carbocycles. The summed E-state index contributed by atoms with van der Waals surface area (Å²) in [5, 5.41) is 9.54. The third-order valence-corrected chi connectivity index (χ3v) is 1.83. The van der Waals surface area contributed by atoms with Crippen molar-refractivity contribution in [3.8, 4) is 0 Å². The minimum atomic E-state index is -0.358. The highest BCUT2D eigenvalue weighted by molar-refractivity contribution is 5.85. The van der Waals surface area contributed by atoms with E-state index in [-0.39, 0.29) is 36.8 Å². The molecule has 1 amide bonds. The molecule has 5 nitrogen and oxygen atoms in total. The number of hydrogen-bond acceptors (Lipinski definition) is 3. The SMILES string of the molecule is Cl.Cl.NC(=O)C1NCc2[nH]ncc21. The average Bonchev–Trinajstić information content (AvgIpc) is 2.41. The number of nitrogens with two attached hydrogens (primary N) is 1. The van der Waals surface area contributed by atoms with Gasteiger partial charge in [-0.2, -0.15) is 5.10 Å². The Morgan fingerprint density at radius 3 is 2.92 bits per heavy atom. The molecule has 7 heteroatoms. The second-order valence-electron chi connectivity index (χ2n) is 2.52. The summed E-state index contributed by atoms with van der Waals surface area (Å²) in [6.07, 6.45) is 1.63. The quantitative estimate of drug-likeness (QED) is 0.623.